The molecular weight excluding hydrogens is 272 g/mol. The van der Waals surface area contributed by atoms with Crippen molar-refractivity contribution in [2.24, 2.45) is 0 Å². The first-order chi connectivity index (χ1) is 9.61. The van der Waals surface area contributed by atoms with Crippen LogP contribution in [0.5, 0.6) is 0 Å². The van der Waals surface area contributed by atoms with Crippen molar-refractivity contribution in [1.82, 2.24) is 5.32 Å². The second kappa shape index (κ2) is 6.44. The number of benzene rings is 2. The molecule has 104 valence electrons. The summed E-state index contributed by atoms with van der Waals surface area (Å²) in [5.74, 6) is -0.0774. The predicted octanol–water partition coefficient (Wildman–Crippen LogP) is 3.62. The van der Waals surface area contributed by atoms with Gasteiger partial charge in [-0.3, -0.25) is 4.79 Å². The lowest BCUT2D eigenvalue weighted by atomic mass is 10.1. The van der Waals surface area contributed by atoms with Crippen molar-refractivity contribution >= 4 is 23.2 Å². The Balaban J connectivity index is 2.06. The summed E-state index contributed by atoms with van der Waals surface area (Å²) in [6.07, 6.45) is 0. The van der Waals surface area contributed by atoms with Crippen LogP contribution < -0.4 is 10.6 Å². The average Bonchev–Trinajstić information content (AvgIpc) is 2.46. The van der Waals surface area contributed by atoms with Gasteiger partial charge in [-0.05, 0) is 36.2 Å². The molecular formula is C16H17ClN2O. The van der Waals surface area contributed by atoms with Crippen molar-refractivity contribution in [3.63, 3.8) is 0 Å². The molecule has 0 atom stereocenters. The van der Waals surface area contributed by atoms with Crippen molar-refractivity contribution < 1.29 is 4.79 Å². The molecule has 0 saturated carbocycles. The third-order valence-electron chi connectivity index (χ3n) is 3.13. The maximum atomic E-state index is 11.4. The van der Waals surface area contributed by atoms with Gasteiger partial charge in [-0.2, -0.15) is 0 Å². The second-order valence-electron chi connectivity index (χ2n) is 4.56. The van der Waals surface area contributed by atoms with E-state index in [-0.39, 0.29) is 5.91 Å². The highest BCUT2D eigenvalue weighted by molar-refractivity contribution is 6.33. The molecule has 0 saturated heterocycles. The van der Waals surface area contributed by atoms with E-state index in [1.54, 1.807) is 7.05 Å². The third-order valence-corrected chi connectivity index (χ3v) is 3.45. The zero-order chi connectivity index (χ0) is 14.5. The van der Waals surface area contributed by atoms with Gasteiger partial charge in [0.15, 0.2) is 0 Å². The zero-order valence-electron chi connectivity index (χ0n) is 11.5. The van der Waals surface area contributed by atoms with Crippen LogP contribution in [0.3, 0.4) is 0 Å². The Kier molecular flexibility index (Phi) is 4.64. The minimum absolute atomic E-state index is 0.0774. The van der Waals surface area contributed by atoms with Crippen LogP contribution in [0, 0.1) is 6.92 Å². The molecule has 2 aromatic rings. The van der Waals surface area contributed by atoms with Gasteiger partial charge in [-0.25, -0.2) is 0 Å². The van der Waals surface area contributed by atoms with Gasteiger partial charge in [0.1, 0.15) is 0 Å². The number of carbonyl (C=O) groups is 1. The molecule has 0 heterocycles. The van der Waals surface area contributed by atoms with Crippen LogP contribution in [0.1, 0.15) is 21.5 Å². The summed E-state index contributed by atoms with van der Waals surface area (Å²) < 4.78 is 0. The topological polar surface area (TPSA) is 41.1 Å². The van der Waals surface area contributed by atoms with E-state index in [2.05, 4.69) is 10.6 Å². The van der Waals surface area contributed by atoms with Gasteiger partial charge < -0.3 is 10.6 Å². The van der Waals surface area contributed by atoms with Crippen LogP contribution in [-0.2, 0) is 6.54 Å². The first kappa shape index (κ1) is 14.4. The van der Waals surface area contributed by atoms with Gasteiger partial charge in [-0.15, -0.1) is 0 Å². The zero-order valence-corrected chi connectivity index (χ0v) is 12.3. The summed E-state index contributed by atoms with van der Waals surface area (Å²) >= 11 is 6.17. The van der Waals surface area contributed by atoms with Crippen LogP contribution in [0.25, 0.3) is 0 Å². The highest BCUT2D eigenvalue weighted by atomic mass is 35.5. The smallest absolute Gasteiger partial charge is 0.251 e. The monoisotopic (exact) mass is 288 g/mol. The molecule has 0 aromatic heterocycles. The van der Waals surface area contributed by atoms with Gasteiger partial charge in [0.2, 0.25) is 0 Å². The summed E-state index contributed by atoms with van der Waals surface area (Å²) in [6.45, 7) is 2.68. The van der Waals surface area contributed by atoms with Crippen molar-refractivity contribution in [2.75, 3.05) is 12.4 Å². The molecule has 0 bridgehead atoms. The fraction of sp³-hybridized carbons (Fsp3) is 0.188. The van der Waals surface area contributed by atoms with E-state index in [9.17, 15) is 4.79 Å². The molecule has 0 fully saturated rings. The maximum Gasteiger partial charge on any atom is 0.251 e. The summed E-state index contributed by atoms with van der Waals surface area (Å²) in [7, 11) is 1.62. The van der Waals surface area contributed by atoms with Crippen LogP contribution >= 0.6 is 11.6 Å². The van der Waals surface area contributed by atoms with Crippen molar-refractivity contribution in [2.45, 2.75) is 13.5 Å². The minimum atomic E-state index is -0.0774. The number of amides is 1. The number of carbonyl (C=O) groups excluding carboxylic acids is 1. The second-order valence-corrected chi connectivity index (χ2v) is 4.97. The van der Waals surface area contributed by atoms with Gasteiger partial charge in [0.05, 0.1) is 10.7 Å². The molecule has 20 heavy (non-hydrogen) atoms. The molecule has 0 radical (unpaired) electrons. The van der Waals surface area contributed by atoms with Crippen molar-refractivity contribution in [3.8, 4) is 0 Å². The summed E-state index contributed by atoms with van der Waals surface area (Å²) in [5, 5.41) is 6.64. The first-order valence-corrected chi connectivity index (χ1v) is 6.79. The van der Waals surface area contributed by atoms with Gasteiger partial charge >= 0.3 is 0 Å². The van der Waals surface area contributed by atoms with Gasteiger partial charge in [0, 0.05) is 19.2 Å². The lowest BCUT2D eigenvalue weighted by Crippen LogP contribution is -2.17. The first-order valence-electron chi connectivity index (χ1n) is 6.42. The van der Waals surface area contributed by atoms with Crippen LogP contribution in [0.15, 0.2) is 42.5 Å². The number of hydrogen-bond donors (Lipinski definition) is 2. The fourth-order valence-electron chi connectivity index (χ4n) is 1.96. The average molecular weight is 289 g/mol. The Bertz CT molecular complexity index is 588. The van der Waals surface area contributed by atoms with Crippen molar-refractivity contribution in [3.05, 3.63) is 64.2 Å². The van der Waals surface area contributed by atoms with E-state index in [4.69, 9.17) is 11.6 Å². The fourth-order valence-corrected chi connectivity index (χ4v) is 2.25. The van der Waals surface area contributed by atoms with Crippen LogP contribution in [0.4, 0.5) is 5.69 Å². The Morgan fingerprint density at radius 2 is 1.85 bits per heavy atom. The normalized spacial score (nSPS) is 10.2. The molecule has 0 aliphatic rings. The van der Waals surface area contributed by atoms with Gasteiger partial charge in [-0.1, -0.05) is 35.9 Å². The Hall–Kier alpha value is -2.00. The summed E-state index contributed by atoms with van der Waals surface area (Å²) in [4.78, 5) is 11.4. The highest BCUT2D eigenvalue weighted by Gasteiger charge is 2.04. The lowest BCUT2D eigenvalue weighted by Gasteiger charge is -2.11. The molecule has 2 N–H and O–H groups in total. The molecule has 2 aromatic carbocycles. The highest BCUT2D eigenvalue weighted by Crippen LogP contribution is 2.25. The number of anilines is 1. The summed E-state index contributed by atoms with van der Waals surface area (Å²) in [6, 6.07) is 13.3. The Labute approximate surface area is 124 Å². The maximum absolute atomic E-state index is 11.4. The standard InChI is InChI=1S/C16H17ClN2O/c1-11-4-3-5-14(17)15(11)19-10-12-6-8-13(9-7-12)16(20)18-2/h3-9,19H,10H2,1-2H3,(H,18,20). The van der Waals surface area contributed by atoms with E-state index in [1.807, 2.05) is 49.4 Å². The van der Waals surface area contributed by atoms with E-state index in [0.29, 0.717) is 17.1 Å². The number of halogens is 1. The molecule has 1 amide bonds. The number of nitrogens with one attached hydrogen (secondary N) is 2. The molecule has 4 heteroatoms. The van der Waals surface area contributed by atoms with E-state index in [0.717, 1.165) is 16.8 Å². The quantitative estimate of drug-likeness (QED) is 0.902. The third kappa shape index (κ3) is 3.31. The SMILES string of the molecule is CNC(=O)c1ccc(CNc2c(C)cccc2Cl)cc1. The van der Waals surface area contributed by atoms with Crippen LogP contribution in [-0.4, -0.2) is 13.0 Å². The number of rotatable bonds is 4. The Morgan fingerprint density at radius 1 is 1.15 bits per heavy atom. The Morgan fingerprint density at radius 3 is 2.45 bits per heavy atom. The molecule has 0 aliphatic carbocycles. The number of hydrogen-bond acceptors (Lipinski definition) is 2. The molecule has 2 rings (SSSR count). The number of aryl methyl sites for hydroxylation is 1. The number of para-hydroxylation sites is 1. The van der Waals surface area contributed by atoms with E-state index < -0.39 is 0 Å². The molecule has 0 unspecified atom stereocenters. The largest absolute Gasteiger partial charge is 0.380 e. The predicted molar refractivity (Wildman–Crippen MR) is 83.3 cm³/mol. The molecule has 0 spiro atoms. The molecule has 3 nitrogen and oxygen atoms in total. The molecule has 0 aliphatic heterocycles. The van der Waals surface area contributed by atoms with Crippen molar-refractivity contribution in [1.29, 1.82) is 0 Å². The lowest BCUT2D eigenvalue weighted by molar-refractivity contribution is 0.0963. The van der Waals surface area contributed by atoms with E-state index in [1.165, 1.54) is 0 Å². The van der Waals surface area contributed by atoms with Crippen LogP contribution in [0.2, 0.25) is 5.02 Å². The van der Waals surface area contributed by atoms with E-state index >= 15 is 0 Å². The van der Waals surface area contributed by atoms with Gasteiger partial charge in [0.25, 0.3) is 5.91 Å². The summed E-state index contributed by atoms with van der Waals surface area (Å²) in [5.41, 5.74) is 3.81. The minimum Gasteiger partial charge on any atom is -0.380 e.